The molecule has 1 heterocycles. The van der Waals surface area contributed by atoms with E-state index in [0.29, 0.717) is 0 Å². The molecular formula is C10H15N2. The van der Waals surface area contributed by atoms with Crippen LogP contribution in [0.15, 0.2) is 24.5 Å². The highest BCUT2D eigenvalue weighted by Gasteiger charge is 1.99. The average Bonchev–Trinajstić information content (AvgIpc) is 2.16. The summed E-state index contributed by atoms with van der Waals surface area (Å²) >= 11 is 0. The van der Waals surface area contributed by atoms with E-state index in [2.05, 4.69) is 36.3 Å². The van der Waals surface area contributed by atoms with Crippen molar-refractivity contribution in [2.75, 3.05) is 13.1 Å². The van der Waals surface area contributed by atoms with E-state index in [1.54, 1.807) is 6.20 Å². The van der Waals surface area contributed by atoms with Gasteiger partial charge in [-0.1, -0.05) is 19.9 Å². The molecule has 0 saturated heterocycles. The summed E-state index contributed by atoms with van der Waals surface area (Å²) in [4.78, 5) is 6.30. The number of rotatable bonds is 4. The number of hydrogen-bond donors (Lipinski definition) is 0. The minimum atomic E-state index is 1.05. The lowest BCUT2D eigenvalue weighted by Gasteiger charge is -2.16. The largest absolute Gasteiger partial charge is 0.295 e. The molecule has 0 atom stereocenters. The van der Waals surface area contributed by atoms with Crippen molar-refractivity contribution in [1.82, 2.24) is 9.88 Å². The SMILES string of the molecule is CCN([CH]c1cccnc1)CC. The highest BCUT2D eigenvalue weighted by atomic mass is 15.1. The van der Waals surface area contributed by atoms with Gasteiger partial charge in [0, 0.05) is 12.4 Å². The van der Waals surface area contributed by atoms with Gasteiger partial charge in [-0.2, -0.15) is 0 Å². The zero-order chi connectivity index (χ0) is 8.81. The molecule has 1 aromatic heterocycles. The Labute approximate surface area is 74.2 Å². The van der Waals surface area contributed by atoms with E-state index in [1.165, 1.54) is 5.56 Å². The van der Waals surface area contributed by atoms with Gasteiger partial charge in [-0.25, -0.2) is 0 Å². The molecule has 1 radical (unpaired) electrons. The summed E-state index contributed by atoms with van der Waals surface area (Å²) in [6.07, 6.45) is 3.66. The van der Waals surface area contributed by atoms with Crippen molar-refractivity contribution in [3.05, 3.63) is 36.6 Å². The second-order valence-electron chi connectivity index (χ2n) is 2.64. The maximum Gasteiger partial charge on any atom is 0.0561 e. The van der Waals surface area contributed by atoms with Crippen LogP contribution in [0, 0.1) is 6.54 Å². The van der Waals surface area contributed by atoms with Gasteiger partial charge in [-0.3, -0.25) is 9.88 Å². The first kappa shape index (κ1) is 9.20. The highest BCUT2D eigenvalue weighted by Crippen LogP contribution is 2.03. The van der Waals surface area contributed by atoms with Gasteiger partial charge in [0.1, 0.15) is 0 Å². The third kappa shape index (κ3) is 2.62. The van der Waals surface area contributed by atoms with Crippen molar-refractivity contribution in [3.8, 4) is 0 Å². The van der Waals surface area contributed by atoms with Crippen molar-refractivity contribution in [2.45, 2.75) is 13.8 Å². The number of aromatic nitrogens is 1. The molecule has 0 unspecified atom stereocenters. The van der Waals surface area contributed by atoms with E-state index in [0.717, 1.165) is 13.1 Å². The summed E-state index contributed by atoms with van der Waals surface area (Å²) in [6.45, 7) is 8.52. The highest BCUT2D eigenvalue weighted by molar-refractivity contribution is 5.16. The van der Waals surface area contributed by atoms with Gasteiger partial charge in [0.05, 0.1) is 6.54 Å². The van der Waals surface area contributed by atoms with Crippen LogP contribution in [0.4, 0.5) is 0 Å². The lowest BCUT2D eigenvalue weighted by atomic mass is 10.2. The van der Waals surface area contributed by atoms with E-state index in [1.807, 2.05) is 12.3 Å². The summed E-state index contributed by atoms with van der Waals surface area (Å²) in [5.74, 6) is 0. The molecule has 2 heteroatoms. The van der Waals surface area contributed by atoms with Gasteiger partial charge in [0.15, 0.2) is 0 Å². The van der Waals surface area contributed by atoms with Crippen molar-refractivity contribution in [1.29, 1.82) is 0 Å². The maximum absolute atomic E-state index is 4.05. The fraction of sp³-hybridized carbons (Fsp3) is 0.400. The molecule has 0 saturated carbocycles. The van der Waals surface area contributed by atoms with E-state index in [-0.39, 0.29) is 0 Å². The zero-order valence-corrected chi connectivity index (χ0v) is 7.70. The standard InChI is InChI=1S/C10H15N2/c1-3-12(4-2)9-10-6-5-7-11-8-10/h5-9H,3-4H2,1-2H3. The summed E-state index contributed by atoms with van der Waals surface area (Å²) in [7, 11) is 0. The van der Waals surface area contributed by atoms with Crippen molar-refractivity contribution >= 4 is 0 Å². The van der Waals surface area contributed by atoms with Gasteiger partial charge >= 0.3 is 0 Å². The number of nitrogens with zero attached hydrogens (tertiary/aromatic N) is 2. The van der Waals surface area contributed by atoms with E-state index < -0.39 is 0 Å². The molecule has 0 fully saturated rings. The van der Waals surface area contributed by atoms with Crippen LogP contribution in [-0.4, -0.2) is 23.0 Å². The smallest absolute Gasteiger partial charge is 0.0561 e. The van der Waals surface area contributed by atoms with Gasteiger partial charge in [-0.05, 0) is 24.7 Å². The minimum absolute atomic E-state index is 1.05. The summed E-state index contributed by atoms with van der Waals surface area (Å²) in [5.41, 5.74) is 1.17. The second-order valence-corrected chi connectivity index (χ2v) is 2.64. The van der Waals surface area contributed by atoms with Crippen LogP contribution in [-0.2, 0) is 0 Å². The van der Waals surface area contributed by atoms with E-state index in [9.17, 15) is 0 Å². The second kappa shape index (κ2) is 4.88. The molecular weight excluding hydrogens is 148 g/mol. The molecule has 0 amide bonds. The van der Waals surface area contributed by atoms with Crippen molar-refractivity contribution in [3.63, 3.8) is 0 Å². The van der Waals surface area contributed by atoms with Crippen molar-refractivity contribution < 1.29 is 0 Å². The Bertz CT molecular complexity index is 204. The predicted molar refractivity (Wildman–Crippen MR) is 50.6 cm³/mol. The monoisotopic (exact) mass is 163 g/mol. The van der Waals surface area contributed by atoms with Gasteiger partial charge < -0.3 is 0 Å². The van der Waals surface area contributed by atoms with Crippen LogP contribution in [0.25, 0.3) is 0 Å². The van der Waals surface area contributed by atoms with Crippen LogP contribution >= 0.6 is 0 Å². The van der Waals surface area contributed by atoms with Crippen LogP contribution in [0.3, 0.4) is 0 Å². The lowest BCUT2D eigenvalue weighted by Crippen LogP contribution is -2.20. The van der Waals surface area contributed by atoms with Crippen LogP contribution in [0.1, 0.15) is 19.4 Å². The number of pyridine rings is 1. The molecule has 65 valence electrons. The summed E-state index contributed by atoms with van der Waals surface area (Å²) in [6, 6.07) is 4.01. The molecule has 0 aliphatic heterocycles. The first-order valence-corrected chi connectivity index (χ1v) is 4.35. The van der Waals surface area contributed by atoms with Crippen LogP contribution in [0.2, 0.25) is 0 Å². The Kier molecular flexibility index (Phi) is 3.74. The quantitative estimate of drug-likeness (QED) is 0.674. The minimum Gasteiger partial charge on any atom is -0.295 e. The topological polar surface area (TPSA) is 16.1 Å². The molecule has 2 nitrogen and oxygen atoms in total. The third-order valence-corrected chi connectivity index (χ3v) is 1.83. The molecule has 0 spiro atoms. The normalized spacial score (nSPS) is 10.6. The summed E-state index contributed by atoms with van der Waals surface area (Å²) < 4.78 is 0. The Hall–Kier alpha value is -0.890. The van der Waals surface area contributed by atoms with Gasteiger partial charge in [0.25, 0.3) is 0 Å². The van der Waals surface area contributed by atoms with Crippen LogP contribution in [0.5, 0.6) is 0 Å². The molecule has 1 rings (SSSR count). The number of hydrogen-bond acceptors (Lipinski definition) is 2. The molecule has 0 aromatic carbocycles. The molecule has 1 aromatic rings. The van der Waals surface area contributed by atoms with E-state index >= 15 is 0 Å². The van der Waals surface area contributed by atoms with Crippen molar-refractivity contribution in [2.24, 2.45) is 0 Å². The molecule has 0 bridgehead atoms. The van der Waals surface area contributed by atoms with E-state index in [4.69, 9.17) is 0 Å². The maximum atomic E-state index is 4.05. The fourth-order valence-electron chi connectivity index (χ4n) is 1.07. The molecule has 12 heavy (non-hydrogen) atoms. The first-order chi connectivity index (χ1) is 5.86. The Morgan fingerprint density at radius 2 is 2.17 bits per heavy atom. The molecule has 0 N–H and O–H groups in total. The Balaban J connectivity index is 2.51. The average molecular weight is 163 g/mol. The lowest BCUT2D eigenvalue weighted by molar-refractivity contribution is 0.383. The zero-order valence-electron chi connectivity index (χ0n) is 7.70. The Morgan fingerprint density at radius 3 is 2.67 bits per heavy atom. The molecule has 0 aliphatic carbocycles. The van der Waals surface area contributed by atoms with Gasteiger partial charge in [-0.15, -0.1) is 0 Å². The predicted octanol–water partition coefficient (Wildman–Crippen LogP) is 1.93. The first-order valence-electron chi connectivity index (χ1n) is 4.35. The third-order valence-electron chi connectivity index (χ3n) is 1.83. The Morgan fingerprint density at radius 1 is 1.42 bits per heavy atom. The van der Waals surface area contributed by atoms with Gasteiger partial charge in [0.2, 0.25) is 0 Å². The summed E-state index contributed by atoms with van der Waals surface area (Å²) in [5, 5.41) is 0. The molecule has 0 aliphatic rings. The fourth-order valence-corrected chi connectivity index (χ4v) is 1.07. The van der Waals surface area contributed by atoms with Crippen LogP contribution < -0.4 is 0 Å².